The largest absolute Gasteiger partial charge is 0.490 e. The summed E-state index contributed by atoms with van der Waals surface area (Å²) in [5.74, 6) is 0.764. The highest BCUT2D eigenvalue weighted by atomic mass is 32.1. The number of anilines is 2. The summed E-state index contributed by atoms with van der Waals surface area (Å²) in [5.41, 5.74) is 9.06. The maximum atomic E-state index is 12.7. The lowest BCUT2D eigenvalue weighted by atomic mass is 10.1. The summed E-state index contributed by atoms with van der Waals surface area (Å²) < 4.78 is 11.7. The van der Waals surface area contributed by atoms with Gasteiger partial charge in [0.25, 0.3) is 5.91 Å². The molecule has 0 spiro atoms. The summed E-state index contributed by atoms with van der Waals surface area (Å²) in [5, 5.41) is 19.5. The monoisotopic (exact) mass is 587 g/mol. The predicted molar refractivity (Wildman–Crippen MR) is 170 cm³/mol. The molecule has 0 saturated carbocycles. The Morgan fingerprint density at radius 3 is 2.56 bits per heavy atom. The van der Waals surface area contributed by atoms with Crippen molar-refractivity contribution in [1.29, 1.82) is 5.26 Å². The smallest absolute Gasteiger partial charge is 0.271 e. The molecular weight excluding hydrogens is 558 g/mol. The average molecular weight is 588 g/mol. The summed E-state index contributed by atoms with van der Waals surface area (Å²) in [6, 6.07) is 30.2. The number of thiazole rings is 1. The maximum Gasteiger partial charge on any atom is 0.271 e. The van der Waals surface area contributed by atoms with Gasteiger partial charge < -0.3 is 14.8 Å². The van der Waals surface area contributed by atoms with E-state index in [4.69, 9.17) is 9.47 Å². The van der Waals surface area contributed by atoms with Gasteiger partial charge in [-0.3, -0.25) is 4.79 Å². The summed E-state index contributed by atoms with van der Waals surface area (Å²) in [6.07, 6.45) is 1.54. The number of benzene rings is 4. The van der Waals surface area contributed by atoms with E-state index in [1.54, 1.807) is 36.5 Å². The fourth-order valence-corrected chi connectivity index (χ4v) is 4.89. The molecule has 9 heteroatoms. The predicted octanol–water partition coefficient (Wildman–Crippen LogP) is 7.48. The zero-order valence-electron chi connectivity index (χ0n) is 23.7. The standard InChI is InChI=1S/C34H29N5O3S/c1-3-41-32-18-24(10-17-31(32)42-21-28-7-5-4-6-27(28)19-35)20-36-39-33(40)26-13-11-25(12-14-26)30-22-43-34(38-30)37-29-15-8-23(2)9-16-29/h4-18,20,22H,3,21H2,1-2H3,(H,37,38)(H,39,40)/b36-20-. The van der Waals surface area contributed by atoms with Crippen LogP contribution in [0.4, 0.5) is 10.8 Å². The van der Waals surface area contributed by atoms with Gasteiger partial charge >= 0.3 is 0 Å². The Labute approximate surface area is 254 Å². The minimum absolute atomic E-state index is 0.236. The van der Waals surface area contributed by atoms with Crippen molar-refractivity contribution >= 4 is 34.3 Å². The summed E-state index contributed by atoms with van der Waals surface area (Å²) in [7, 11) is 0. The number of carbonyl (C=O) groups is 1. The van der Waals surface area contributed by atoms with E-state index < -0.39 is 0 Å². The molecule has 214 valence electrons. The maximum absolute atomic E-state index is 12.7. The highest BCUT2D eigenvalue weighted by molar-refractivity contribution is 7.14. The molecule has 0 unspecified atom stereocenters. The van der Waals surface area contributed by atoms with Crippen LogP contribution in [0.1, 0.15) is 39.5 Å². The second kappa shape index (κ2) is 13.9. The molecule has 5 rings (SSSR count). The van der Waals surface area contributed by atoms with Gasteiger partial charge in [-0.05, 0) is 67.9 Å². The number of nitrogens with zero attached hydrogens (tertiary/aromatic N) is 3. The van der Waals surface area contributed by atoms with Crippen molar-refractivity contribution in [2.45, 2.75) is 20.5 Å². The van der Waals surface area contributed by atoms with Crippen LogP contribution in [0.25, 0.3) is 11.3 Å². The average Bonchev–Trinajstić information content (AvgIpc) is 3.50. The van der Waals surface area contributed by atoms with Crippen molar-refractivity contribution in [1.82, 2.24) is 10.4 Å². The first-order valence-electron chi connectivity index (χ1n) is 13.6. The van der Waals surface area contributed by atoms with Gasteiger partial charge in [-0.25, -0.2) is 10.4 Å². The molecule has 0 aliphatic carbocycles. The van der Waals surface area contributed by atoms with Crippen LogP contribution in [0, 0.1) is 18.3 Å². The first-order valence-corrected chi connectivity index (χ1v) is 14.5. The topological polar surface area (TPSA) is 109 Å². The number of carbonyl (C=O) groups excluding carboxylic acids is 1. The van der Waals surface area contributed by atoms with E-state index in [2.05, 4.69) is 46.0 Å². The molecule has 2 N–H and O–H groups in total. The van der Waals surface area contributed by atoms with Crippen LogP contribution in [0.15, 0.2) is 101 Å². The Balaban J connectivity index is 1.18. The van der Waals surface area contributed by atoms with Gasteiger partial charge in [0.2, 0.25) is 0 Å². The van der Waals surface area contributed by atoms with Gasteiger partial charge in [0, 0.05) is 27.8 Å². The highest BCUT2D eigenvalue weighted by Crippen LogP contribution is 2.30. The summed E-state index contributed by atoms with van der Waals surface area (Å²) in [4.78, 5) is 17.4. The van der Waals surface area contributed by atoms with Crippen molar-refractivity contribution in [3.8, 4) is 28.8 Å². The minimum Gasteiger partial charge on any atom is -0.490 e. The van der Waals surface area contributed by atoms with Gasteiger partial charge in [-0.2, -0.15) is 10.4 Å². The Kier molecular flexibility index (Phi) is 9.42. The minimum atomic E-state index is -0.330. The highest BCUT2D eigenvalue weighted by Gasteiger charge is 2.10. The summed E-state index contributed by atoms with van der Waals surface area (Å²) in [6.45, 7) is 4.62. The number of amides is 1. The number of aryl methyl sites for hydroxylation is 1. The number of ether oxygens (including phenoxy) is 2. The first kappa shape index (κ1) is 29.0. The van der Waals surface area contributed by atoms with Gasteiger partial charge in [0.05, 0.1) is 30.1 Å². The SMILES string of the molecule is CCOc1cc(/C=N\NC(=O)c2ccc(-c3csc(Nc4ccc(C)cc4)n3)cc2)ccc1OCc1ccccc1C#N. The third-order valence-corrected chi connectivity index (χ3v) is 7.18. The van der Waals surface area contributed by atoms with Crippen molar-refractivity contribution in [2.75, 3.05) is 11.9 Å². The second-order valence-corrected chi connectivity index (χ2v) is 10.4. The Bertz CT molecular complexity index is 1770. The lowest BCUT2D eigenvalue weighted by Crippen LogP contribution is -2.17. The first-order chi connectivity index (χ1) is 21.0. The second-order valence-electron chi connectivity index (χ2n) is 9.50. The molecule has 0 aliphatic heterocycles. The van der Waals surface area contributed by atoms with E-state index in [0.29, 0.717) is 29.2 Å². The number of nitrogens with one attached hydrogen (secondary N) is 2. The van der Waals surface area contributed by atoms with E-state index in [9.17, 15) is 10.1 Å². The molecule has 0 atom stereocenters. The third-order valence-electron chi connectivity index (χ3n) is 6.42. The van der Waals surface area contributed by atoms with Crippen LogP contribution in [0.5, 0.6) is 11.5 Å². The molecule has 0 fully saturated rings. The van der Waals surface area contributed by atoms with Crippen LogP contribution >= 0.6 is 11.3 Å². The number of nitriles is 1. The molecule has 1 aromatic heterocycles. The van der Waals surface area contributed by atoms with E-state index in [-0.39, 0.29) is 12.5 Å². The molecule has 1 heterocycles. The van der Waals surface area contributed by atoms with Gasteiger partial charge in [0.1, 0.15) is 6.61 Å². The lowest BCUT2D eigenvalue weighted by molar-refractivity contribution is 0.0955. The van der Waals surface area contributed by atoms with Crippen LogP contribution in [0.2, 0.25) is 0 Å². The van der Waals surface area contributed by atoms with Gasteiger partial charge in [-0.1, -0.05) is 48.0 Å². The number of rotatable bonds is 11. The molecule has 0 bridgehead atoms. The van der Waals surface area contributed by atoms with Crippen LogP contribution in [-0.4, -0.2) is 23.7 Å². The van der Waals surface area contributed by atoms with Crippen molar-refractivity contribution in [3.05, 3.63) is 124 Å². The number of aromatic nitrogens is 1. The zero-order chi connectivity index (χ0) is 30.0. The molecule has 1 amide bonds. The van der Waals surface area contributed by atoms with Crippen LogP contribution in [0.3, 0.4) is 0 Å². The summed E-state index contributed by atoms with van der Waals surface area (Å²) >= 11 is 1.52. The molecule has 5 aromatic rings. The molecule has 0 radical (unpaired) electrons. The third kappa shape index (κ3) is 7.64. The molecule has 0 saturated heterocycles. The fraction of sp³-hybridized carbons (Fsp3) is 0.118. The van der Waals surface area contributed by atoms with Crippen molar-refractivity contribution in [3.63, 3.8) is 0 Å². The molecule has 4 aromatic carbocycles. The number of hydrazone groups is 1. The van der Waals surface area contributed by atoms with Crippen molar-refractivity contribution in [2.24, 2.45) is 5.10 Å². The lowest BCUT2D eigenvalue weighted by Gasteiger charge is -2.13. The van der Waals surface area contributed by atoms with Crippen molar-refractivity contribution < 1.29 is 14.3 Å². The Morgan fingerprint density at radius 2 is 1.79 bits per heavy atom. The van der Waals surface area contributed by atoms with Gasteiger partial charge in [-0.15, -0.1) is 11.3 Å². The van der Waals surface area contributed by atoms with Crippen LogP contribution in [-0.2, 0) is 6.61 Å². The zero-order valence-corrected chi connectivity index (χ0v) is 24.5. The quantitative estimate of drug-likeness (QED) is 0.123. The van der Waals surface area contributed by atoms with Crippen LogP contribution < -0.4 is 20.2 Å². The van der Waals surface area contributed by atoms with Gasteiger partial charge in [0.15, 0.2) is 16.6 Å². The normalized spacial score (nSPS) is 10.7. The molecular formula is C34H29N5O3S. The molecule has 43 heavy (non-hydrogen) atoms. The van der Waals surface area contributed by atoms with E-state index >= 15 is 0 Å². The van der Waals surface area contributed by atoms with E-state index in [0.717, 1.165) is 33.2 Å². The number of hydrogen-bond donors (Lipinski definition) is 2. The van der Waals surface area contributed by atoms with E-state index in [1.165, 1.54) is 16.9 Å². The fourth-order valence-electron chi connectivity index (χ4n) is 4.15. The Hall–Kier alpha value is -5.46. The number of hydrogen-bond acceptors (Lipinski definition) is 8. The molecule has 8 nitrogen and oxygen atoms in total. The molecule has 0 aliphatic rings. The Morgan fingerprint density at radius 1 is 1.00 bits per heavy atom. The van der Waals surface area contributed by atoms with E-state index in [1.807, 2.05) is 60.8 Å².